The van der Waals surface area contributed by atoms with Gasteiger partial charge in [0.05, 0.1) is 25.6 Å². The average molecular weight is 811 g/mol. The van der Waals surface area contributed by atoms with Crippen LogP contribution in [0.3, 0.4) is 0 Å². The van der Waals surface area contributed by atoms with Gasteiger partial charge in [-0.05, 0) is 37.5 Å². The van der Waals surface area contributed by atoms with Crippen molar-refractivity contribution in [2.24, 2.45) is 0 Å². The maximum Gasteiger partial charge on any atom is 0.459 e. The number of nitrogens with one attached hydrogen (secondary N) is 1. The van der Waals surface area contributed by atoms with E-state index in [1.54, 1.807) is 37.3 Å². The summed E-state index contributed by atoms with van der Waals surface area (Å²) in [6.07, 6.45) is 15.7. The molecule has 0 amide bonds. The number of benzene rings is 2. The van der Waals surface area contributed by atoms with E-state index in [0.29, 0.717) is 0 Å². The number of carbonyl (C=O) groups excluding carboxylic acids is 1. The Hall–Kier alpha value is -3.94. The van der Waals surface area contributed by atoms with Gasteiger partial charge in [-0.15, -0.1) is 0 Å². The van der Waals surface area contributed by atoms with Crippen LogP contribution in [0.4, 0.5) is 10.2 Å². The number of anilines is 1. The van der Waals surface area contributed by atoms with Gasteiger partial charge in [0, 0.05) is 6.42 Å². The lowest BCUT2D eigenvalue weighted by Crippen LogP contribution is -2.43. The molecule has 0 aliphatic carbocycles. The van der Waals surface area contributed by atoms with Crippen molar-refractivity contribution >= 4 is 30.7 Å². The number of para-hydroxylation sites is 1. The maximum atomic E-state index is 14.7. The summed E-state index contributed by atoms with van der Waals surface area (Å²) in [5.74, 6) is -0.477. The third-order valence-electron chi connectivity index (χ3n) is 10.4. The van der Waals surface area contributed by atoms with Crippen LogP contribution in [0.5, 0.6) is 5.75 Å². The molecule has 15 heteroatoms. The molecule has 5 atom stereocenters. The van der Waals surface area contributed by atoms with Crippen molar-refractivity contribution in [3.05, 3.63) is 78.6 Å². The number of ether oxygens (including phenoxy) is 2. The van der Waals surface area contributed by atoms with Crippen molar-refractivity contribution in [3.8, 4) is 5.75 Å². The van der Waals surface area contributed by atoms with Crippen LogP contribution in [-0.2, 0) is 29.8 Å². The number of imidazole rings is 1. The van der Waals surface area contributed by atoms with Gasteiger partial charge in [0.15, 0.2) is 17.0 Å². The van der Waals surface area contributed by atoms with Crippen LogP contribution in [0.2, 0.25) is 0 Å². The standard InChI is InChI=1S/C42H60FN6O7P/c1-3-4-5-6-7-8-9-10-11-12-13-14-15-22-27-53-40(51)34(28-32-23-18-16-19-24-32)48-57(52,56-33-25-20-17-21-26-33)54-30-42(2)35(50)29-36(55-42)49-31-45-37-38(44)46-41(43)47-39(37)49/h16-21,23-26,31,34-36,50H,3-15,22,27-30H2,1-2H3,(H,48,52)(H2,44,46,47)/t34-,35-,36+,42+,57+/m0/s1. The lowest BCUT2D eigenvalue weighted by molar-refractivity contribution is -0.146. The highest BCUT2D eigenvalue weighted by atomic mass is 31.2. The van der Waals surface area contributed by atoms with Crippen LogP contribution in [0.1, 0.15) is 122 Å². The van der Waals surface area contributed by atoms with Gasteiger partial charge >= 0.3 is 19.8 Å². The zero-order valence-electron chi connectivity index (χ0n) is 33.4. The quantitative estimate of drug-likeness (QED) is 0.0238. The van der Waals surface area contributed by atoms with E-state index in [9.17, 15) is 18.9 Å². The molecule has 5 rings (SSSR count). The topological polar surface area (TPSA) is 173 Å². The Labute approximate surface area is 335 Å². The van der Waals surface area contributed by atoms with E-state index in [-0.39, 0.29) is 42.2 Å². The highest BCUT2D eigenvalue weighted by molar-refractivity contribution is 7.52. The van der Waals surface area contributed by atoms with Gasteiger partial charge in [-0.2, -0.15) is 19.4 Å². The minimum absolute atomic E-state index is 0.0519. The predicted molar refractivity (Wildman–Crippen MR) is 218 cm³/mol. The summed E-state index contributed by atoms with van der Waals surface area (Å²) in [6, 6.07) is 16.7. The van der Waals surface area contributed by atoms with E-state index in [1.165, 1.54) is 81.5 Å². The molecule has 2 aromatic heterocycles. The first-order valence-corrected chi connectivity index (χ1v) is 22.1. The minimum atomic E-state index is -4.36. The van der Waals surface area contributed by atoms with Crippen molar-refractivity contribution in [1.82, 2.24) is 24.6 Å². The highest BCUT2D eigenvalue weighted by Crippen LogP contribution is 2.48. The molecular weight excluding hydrogens is 750 g/mol. The summed E-state index contributed by atoms with van der Waals surface area (Å²) >= 11 is 0. The minimum Gasteiger partial charge on any atom is -0.465 e. The molecule has 0 spiro atoms. The van der Waals surface area contributed by atoms with Crippen molar-refractivity contribution in [3.63, 3.8) is 0 Å². The fourth-order valence-corrected chi connectivity index (χ4v) is 8.60. The monoisotopic (exact) mass is 810 g/mol. The van der Waals surface area contributed by atoms with E-state index in [2.05, 4.69) is 27.0 Å². The summed E-state index contributed by atoms with van der Waals surface area (Å²) in [6.45, 7) is 3.67. The van der Waals surface area contributed by atoms with Crippen molar-refractivity contribution < 1.29 is 37.4 Å². The molecule has 0 radical (unpaired) electrons. The number of fused-ring (bicyclic) bond motifs is 1. The molecule has 4 aromatic rings. The predicted octanol–water partition coefficient (Wildman–Crippen LogP) is 9.02. The second-order valence-electron chi connectivity index (χ2n) is 15.1. The number of unbranched alkanes of at least 4 members (excludes halogenated alkanes) is 13. The van der Waals surface area contributed by atoms with Crippen LogP contribution in [-0.4, -0.2) is 61.6 Å². The second-order valence-corrected chi connectivity index (χ2v) is 16.8. The normalized spacial score (nSPS) is 19.7. The Morgan fingerprint density at radius 3 is 2.19 bits per heavy atom. The molecule has 1 saturated heterocycles. The molecule has 312 valence electrons. The zero-order chi connectivity index (χ0) is 40.5. The van der Waals surface area contributed by atoms with Gasteiger partial charge in [0.2, 0.25) is 0 Å². The number of nitrogens with two attached hydrogens (primary N) is 1. The van der Waals surface area contributed by atoms with Crippen molar-refractivity contribution in [1.29, 1.82) is 0 Å². The summed E-state index contributed by atoms with van der Waals surface area (Å²) in [5, 5.41) is 14.1. The Balaban J connectivity index is 1.17. The molecule has 4 N–H and O–H groups in total. The SMILES string of the molecule is CCCCCCCCCCCCCCCCOC(=O)[C@H](Cc1ccccc1)N[P@@](=O)(OC[C@@]1(C)O[C@@H](n2cnc3c(N)nc(F)nc32)C[C@@H]1O)Oc1ccccc1. The molecule has 0 bridgehead atoms. The van der Waals surface area contributed by atoms with Gasteiger partial charge in [-0.3, -0.25) is 13.9 Å². The largest absolute Gasteiger partial charge is 0.465 e. The van der Waals surface area contributed by atoms with Gasteiger partial charge < -0.3 is 24.8 Å². The summed E-state index contributed by atoms with van der Waals surface area (Å²) < 4.78 is 54.2. The van der Waals surface area contributed by atoms with Crippen molar-refractivity contribution in [2.45, 2.75) is 141 Å². The first-order valence-electron chi connectivity index (χ1n) is 20.6. The number of halogens is 1. The Kier molecular flexibility index (Phi) is 17.3. The fourth-order valence-electron chi connectivity index (χ4n) is 7.02. The van der Waals surface area contributed by atoms with E-state index >= 15 is 0 Å². The van der Waals surface area contributed by atoms with Crippen LogP contribution < -0.4 is 15.3 Å². The average Bonchev–Trinajstić information content (AvgIpc) is 3.76. The van der Waals surface area contributed by atoms with Crippen molar-refractivity contribution in [2.75, 3.05) is 18.9 Å². The number of hydrogen-bond donors (Lipinski definition) is 3. The van der Waals surface area contributed by atoms with Gasteiger partial charge in [0.25, 0.3) is 0 Å². The number of carbonyl (C=O) groups is 1. The summed E-state index contributed by atoms with van der Waals surface area (Å²) in [4.78, 5) is 25.2. The second kappa shape index (κ2) is 22.3. The van der Waals surface area contributed by atoms with Crippen LogP contribution in [0.25, 0.3) is 11.2 Å². The van der Waals surface area contributed by atoms with E-state index < -0.39 is 50.4 Å². The van der Waals surface area contributed by atoms with Crippen LogP contribution in [0, 0.1) is 6.08 Å². The molecule has 1 aliphatic heterocycles. The summed E-state index contributed by atoms with van der Waals surface area (Å²) in [7, 11) is -4.36. The number of esters is 1. The van der Waals surface area contributed by atoms with E-state index in [0.717, 1.165) is 24.8 Å². The molecule has 3 heterocycles. The zero-order valence-corrected chi connectivity index (χ0v) is 34.3. The van der Waals surface area contributed by atoms with E-state index in [1.807, 2.05) is 30.3 Å². The number of aliphatic hydroxyl groups excluding tert-OH is 1. The molecule has 1 aliphatic rings. The fraction of sp³-hybridized carbons (Fsp3) is 0.571. The van der Waals surface area contributed by atoms with Crippen LogP contribution in [0.15, 0.2) is 67.0 Å². The molecule has 1 fully saturated rings. The molecular formula is C42H60FN6O7P. The maximum absolute atomic E-state index is 14.7. The Bertz CT molecular complexity index is 1850. The molecule has 0 unspecified atom stereocenters. The van der Waals surface area contributed by atoms with Gasteiger partial charge in [-0.1, -0.05) is 139 Å². The van der Waals surface area contributed by atoms with E-state index in [4.69, 9.17) is 24.3 Å². The molecule has 2 aromatic carbocycles. The number of aliphatic hydroxyl groups is 1. The number of nitrogen functional groups attached to an aromatic ring is 1. The number of rotatable bonds is 26. The highest BCUT2D eigenvalue weighted by Gasteiger charge is 2.48. The third kappa shape index (κ3) is 13.6. The smallest absolute Gasteiger partial charge is 0.459 e. The van der Waals surface area contributed by atoms with Crippen LogP contribution >= 0.6 is 7.75 Å². The Morgan fingerprint density at radius 2 is 1.56 bits per heavy atom. The number of aromatic nitrogens is 4. The molecule has 13 nitrogen and oxygen atoms in total. The Morgan fingerprint density at radius 1 is 0.965 bits per heavy atom. The lowest BCUT2D eigenvalue weighted by atomic mass is 10.0. The third-order valence-corrected chi connectivity index (χ3v) is 11.9. The molecule has 57 heavy (non-hydrogen) atoms. The lowest BCUT2D eigenvalue weighted by Gasteiger charge is -2.31. The van der Waals surface area contributed by atoms with Gasteiger partial charge in [0.1, 0.15) is 23.6 Å². The van der Waals surface area contributed by atoms with Gasteiger partial charge in [-0.25, -0.2) is 9.55 Å². The number of nitrogens with zero attached hydrogens (tertiary/aromatic N) is 4. The molecule has 0 saturated carbocycles. The summed E-state index contributed by atoms with van der Waals surface area (Å²) in [5.41, 5.74) is 5.52. The first kappa shape index (κ1) is 44.2. The number of hydrogen-bond acceptors (Lipinski definition) is 11. The first-order chi connectivity index (χ1) is 27.6.